The van der Waals surface area contributed by atoms with Gasteiger partial charge in [0.15, 0.2) is 0 Å². The predicted molar refractivity (Wildman–Crippen MR) is 152 cm³/mol. The van der Waals surface area contributed by atoms with Crippen LogP contribution in [0, 0.1) is 6.92 Å². The second kappa shape index (κ2) is 12.8. The molecule has 198 valence electrons. The van der Waals surface area contributed by atoms with Crippen LogP contribution in [0.1, 0.15) is 50.0 Å². The maximum Gasteiger partial charge on any atom is 0.264 e. The third kappa shape index (κ3) is 7.40. The SMILES string of the molecule is CC=Nc1c(C)cccc1S(=O)(=O)Nc1ccc(C(=O)N2CCN(CC(/C=C\CC)=C(C)C)CC2)cc1. The second-order valence-electron chi connectivity index (χ2n) is 9.40. The quantitative estimate of drug-likeness (QED) is 0.344. The first kappa shape index (κ1) is 28.3. The predicted octanol–water partition coefficient (Wildman–Crippen LogP) is 5.58. The molecule has 1 fully saturated rings. The fourth-order valence-corrected chi connectivity index (χ4v) is 5.49. The molecule has 1 aliphatic rings. The topological polar surface area (TPSA) is 82.1 Å². The first-order chi connectivity index (χ1) is 17.7. The van der Waals surface area contributed by atoms with Crippen molar-refractivity contribution in [1.82, 2.24) is 9.80 Å². The molecule has 0 bridgehead atoms. The van der Waals surface area contributed by atoms with Crippen molar-refractivity contribution < 1.29 is 13.2 Å². The van der Waals surface area contributed by atoms with E-state index in [1.807, 2.05) is 17.9 Å². The molecule has 0 saturated carbocycles. The van der Waals surface area contributed by atoms with Gasteiger partial charge in [-0.2, -0.15) is 0 Å². The Kier molecular flexibility index (Phi) is 9.83. The number of hydrogen-bond donors (Lipinski definition) is 1. The molecule has 1 heterocycles. The lowest BCUT2D eigenvalue weighted by molar-refractivity contribution is 0.0648. The van der Waals surface area contributed by atoms with Crippen LogP contribution in [0.4, 0.5) is 11.4 Å². The Labute approximate surface area is 221 Å². The minimum absolute atomic E-state index is 0.0411. The van der Waals surface area contributed by atoms with Gasteiger partial charge in [0.2, 0.25) is 0 Å². The standard InChI is InChI=1S/C29H38N4O3S/c1-6-8-11-25(22(3)4)21-32-17-19-33(20-18-32)29(34)24-13-15-26(16-14-24)31-37(35,36)27-12-9-10-23(5)28(27)30-7-2/h7-16,31H,6,17-21H2,1-5H3/b11-8-,30-7?. The molecular weight excluding hydrogens is 484 g/mol. The fourth-order valence-electron chi connectivity index (χ4n) is 4.20. The number of rotatable bonds is 9. The van der Waals surface area contributed by atoms with E-state index in [4.69, 9.17) is 0 Å². The monoisotopic (exact) mass is 522 g/mol. The normalized spacial score (nSPS) is 14.9. The van der Waals surface area contributed by atoms with Crippen molar-refractivity contribution in [3.63, 3.8) is 0 Å². The molecule has 0 atom stereocenters. The van der Waals surface area contributed by atoms with Gasteiger partial charge in [0.05, 0.1) is 5.69 Å². The van der Waals surface area contributed by atoms with Crippen LogP contribution in [0.25, 0.3) is 0 Å². The zero-order chi connectivity index (χ0) is 27.0. The van der Waals surface area contributed by atoms with E-state index in [-0.39, 0.29) is 10.8 Å². The van der Waals surface area contributed by atoms with E-state index in [2.05, 4.69) is 47.5 Å². The van der Waals surface area contributed by atoms with E-state index >= 15 is 0 Å². The number of benzene rings is 2. The molecule has 3 rings (SSSR count). The van der Waals surface area contributed by atoms with Crippen molar-refractivity contribution >= 4 is 33.5 Å². The molecule has 37 heavy (non-hydrogen) atoms. The number of carbonyl (C=O) groups is 1. The Balaban J connectivity index is 1.63. The Hall–Kier alpha value is -3.23. The van der Waals surface area contributed by atoms with E-state index in [0.29, 0.717) is 30.0 Å². The van der Waals surface area contributed by atoms with Crippen molar-refractivity contribution in [2.24, 2.45) is 4.99 Å². The molecule has 2 aromatic carbocycles. The summed E-state index contributed by atoms with van der Waals surface area (Å²) in [5.74, 6) is -0.0411. The number of nitrogens with zero attached hydrogens (tertiary/aromatic N) is 3. The van der Waals surface area contributed by atoms with Gasteiger partial charge in [-0.15, -0.1) is 0 Å². The van der Waals surface area contributed by atoms with Crippen LogP contribution in [0.3, 0.4) is 0 Å². The lowest BCUT2D eigenvalue weighted by Gasteiger charge is -2.35. The van der Waals surface area contributed by atoms with E-state index < -0.39 is 10.0 Å². The summed E-state index contributed by atoms with van der Waals surface area (Å²) in [7, 11) is -3.84. The van der Waals surface area contributed by atoms with Gasteiger partial charge in [0.1, 0.15) is 4.90 Å². The first-order valence-electron chi connectivity index (χ1n) is 12.7. The van der Waals surface area contributed by atoms with E-state index in [0.717, 1.165) is 31.6 Å². The first-order valence-corrected chi connectivity index (χ1v) is 14.2. The minimum Gasteiger partial charge on any atom is -0.336 e. The maximum atomic E-state index is 13.1. The molecule has 0 spiro atoms. The van der Waals surface area contributed by atoms with Gasteiger partial charge in [0.25, 0.3) is 15.9 Å². The van der Waals surface area contributed by atoms with Gasteiger partial charge >= 0.3 is 0 Å². The molecule has 2 aromatic rings. The highest BCUT2D eigenvalue weighted by atomic mass is 32.2. The van der Waals surface area contributed by atoms with Crippen LogP contribution in [0.5, 0.6) is 0 Å². The molecule has 0 aromatic heterocycles. The van der Waals surface area contributed by atoms with Crippen LogP contribution in [-0.2, 0) is 10.0 Å². The van der Waals surface area contributed by atoms with Crippen LogP contribution in [0.2, 0.25) is 0 Å². The number of nitrogens with one attached hydrogen (secondary N) is 1. The van der Waals surface area contributed by atoms with Crippen LogP contribution in [0.15, 0.2) is 75.7 Å². The molecule has 1 saturated heterocycles. The molecule has 1 N–H and O–H groups in total. The number of anilines is 1. The van der Waals surface area contributed by atoms with E-state index in [1.54, 1.807) is 43.5 Å². The highest BCUT2D eigenvalue weighted by Gasteiger charge is 2.23. The van der Waals surface area contributed by atoms with Crippen molar-refractivity contribution in [2.45, 2.75) is 45.9 Å². The lowest BCUT2D eigenvalue weighted by atomic mass is 10.1. The summed E-state index contributed by atoms with van der Waals surface area (Å²) in [6.45, 7) is 13.8. The van der Waals surface area contributed by atoms with Gasteiger partial charge < -0.3 is 4.90 Å². The minimum atomic E-state index is -3.84. The number of aliphatic imine (C=N–C) groups is 1. The van der Waals surface area contributed by atoms with Gasteiger partial charge in [0, 0.05) is 50.2 Å². The zero-order valence-corrected chi connectivity index (χ0v) is 23.3. The largest absolute Gasteiger partial charge is 0.336 e. The molecular formula is C29H38N4O3S. The van der Waals surface area contributed by atoms with Gasteiger partial charge in [-0.25, -0.2) is 8.42 Å². The smallest absolute Gasteiger partial charge is 0.264 e. The summed E-state index contributed by atoms with van der Waals surface area (Å²) in [5, 5.41) is 0. The highest BCUT2D eigenvalue weighted by Crippen LogP contribution is 2.29. The lowest BCUT2D eigenvalue weighted by Crippen LogP contribution is -2.49. The Morgan fingerprint density at radius 1 is 1.05 bits per heavy atom. The van der Waals surface area contributed by atoms with Crippen molar-refractivity contribution in [1.29, 1.82) is 0 Å². The van der Waals surface area contributed by atoms with Crippen LogP contribution >= 0.6 is 0 Å². The summed E-state index contributed by atoms with van der Waals surface area (Å²) < 4.78 is 28.7. The van der Waals surface area contributed by atoms with Gasteiger partial charge in [-0.3, -0.25) is 19.4 Å². The highest BCUT2D eigenvalue weighted by molar-refractivity contribution is 7.92. The third-order valence-electron chi connectivity index (χ3n) is 6.38. The zero-order valence-electron chi connectivity index (χ0n) is 22.5. The fraction of sp³-hybridized carbons (Fsp3) is 0.379. The molecule has 0 radical (unpaired) electrons. The molecule has 8 heteroatoms. The number of allylic oxidation sites excluding steroid dienone is 2. The van der Waals surface area contributed by atoms with Gasteiger partial charge in [-0.1, -0.05) is 36.8 Å². The summed E-state index contributed by atoms with van der Waals surface area (Å²) >= 11 is 0. The van der Waals surface area contributed by atoms with Crippen LogP contribution in [-0.4, -0.2) is 63.1 Å². The number of para-hydroxylation sites is 1. The average molecular weight is 523 g/mol. The number of aryl methyl sites for hydroxylation is 1. The molecule has 1 amide bonds. The number of hydrogen-bond acceptors (Lipinski definition) is 5. The Morgan fingerprint density at radius 2 is 1.73 bits per heavy atom. The average Bonchev–Trinajstić information content (AvgIpc) is 2.88. The number of amides is 1. The molecule has 1 aliphatic heterocycles. The Bertz CT molecular complexity index is 1280. The summed E-state index contributed by atoms with van der Waals surface area (Å²) in [4.78, 5) is 21.7. The molecule has 7 nitrogen and oxygen atoms in total. The van der Waals surface area contributed by atoms with Crippen molar-refractivity contribution in [2.75, 3.05) is 37.4 Å². The third-order valence-corrected chi connectivity index (χ3v) is 7.80. The second-order valence-corrected chi connectivity index (χ2v) is 11.0. The summed E-state index contributed by atoms with van der Waals surface area (Å²) in [6, 6.07) is 11.7. The van der Waals surface area contributed by atoms with Gasteiger partial charge in [-0.05, 0) is 75.6 Å². The summed E-state index contributed by atoms with van der Waals surface area (Å²) in [5.41, 5.74) is 4.77. The van der Waals surface area contributed by atoms with Crippen LogP contribution < -0.4 is 4.72 Å². The van der Waals surface area contributed by atoms with Crippen molar-refractivity contribution in [3.8, 4) is 0 Å². The number of piperazine rings is 1. The molecule has 0 aliphatic carbocycles. The summed E-state index contributed by atoms with van der Waals surface area (Å²) in [6.07, 6.45) is 6.98. The maximum absolute atomic E-state index is 13.1. The van der Waals surface area contributed by atoms with E-state index in [9.17, 15) is 13.2 Å². The van der Waals surface area contributed by atoms with E-state index in [1.165, 1.54) is 17.2 Å². The Morgan fingerprint density at radius 3 is 2.32 bits per heavy atom. The number of sulfonamides is 1. The molecule has 0 unspecified atom stereocenters. The number of carbonyl (C=O) groups excluding carboxylic acids is 1. The van der Waals surface area contributed by atoms with Crippen molar-refractivity contribution in [3.05, 3.63) is 76.9 Å².